The highest BCUT2D eigenvalue weighted by molar-refractivity contribution is 6.06. The van der Waals surface area contributed by atoms with Crippen LogP contribution in [0.2, 0.25) is 0 Å². The van der Waals surface area contributed by atoms with Crippen LogP contribution in [-0.4, -0.2) is 81.8 Å². The fourth-order valence-electron chi connectivity index (χ4n) is 5.10. The van der Waals surface area contributed by atoms with E-state index in [1.165, 1.54) is 12.3 Å². The molecule has 12 heteroatoms. The molecule has 1 aromatic heterocycles. The summed E-state index contributed by atoms with van der Waals surface area (Å²) < 4.78 is 68.8. The van der Waals surface area contributed by atoms with Crippen molar-refractivity contribution in [1.29, 1.82) is 0 Å². The van der Waals surface area contributed by atoms with Crippen LogP contribution in [0, 0.1) is 11.6 Å². The van der Waals surface area contributed by atoms with Gasteiger partial charge in [-0.25, -0.2) is 13.8 Å². The number of fused-ring (bicyclic) bond motifs is 2. The van der Waals surface area contributed by atoms with E-state index in [0.29, 0.717) is 11.7 Å². The highest BCUT2D eigenvalue weighted by atomic mass is 19.4. The van der Waals surface area contributed by atoms with E-state index in [4.69, 9.17) is 0 Å². The minimum absolute atomic E-state index is 0.0746. The van der Waals surface area contributed by atoms with Gasteiger partial charge in [-0.2, -0.15) is 18.3 Å². The van der Waals surface area contributed by atoms with Crippen molar-refractivity contribution in [2.75, 3.05) is 26.2 Å². The van der Waals surface area contributed by atoms with Crippen LogP contribution in [0.25, 0.3) is 10.9 Å². The van der Waals surface area contributed by atoms with Gasteiger partial charge in [-0.05, 0) is 31.2 Å². The number of piperazine rings is 1. The van der Waals surface area contributed by atoms with Gasteiger partial charge < -0.3 is 9.80 Å². The van der Waals surface area contributed by atoms with E-state index in [1.807, 2.05) is 6.92 Å². The first-order chi connectivity index (χ1) is 17.1. The summed E-state index contributed by atoms with van der Waals surface area (Å²) in [5.74, 6) is -2.83. The van der Waals surface area contributed by atoms with E-state index in [9.17, 15) is 18.0 Å². The number of pyridine rings is 1. The van der Waals surface area contributed by atoms with Gasteiger partial charge in [0.1, 0.15) is 23.3 Å². The summed E-state index contributed by atoms with van der Waals surface area (Å²) in [5, 5.41) is 6.51. The van der Waals surface area contributed by atoms with Crippen molar-refractivity contribution in [3.8, 4) is 0 Å². The van der Waals surface area contributed by atoms with Gasteiger partial charge in [-0.1, -0.05) is 6.92 Å². The molecule has 4 heterocycles. The molecule has 0 spiro atoms. The Bertz CT molecular complexity index is 1300. The second-order valence-corrected chi connectivity index (χ2v) is 9.08. The van der Waals surface area contributed by atoms with Gasteiger partial charge in [0.25, 0.3) is 0 Å². The van der Waals surface area contributed by atoms with Crippen molar-refractivity contribution in [1.82, 2.24) is 19.8 Å². The lowest BCUT2D eigenvalue weighted by Gasteiger charge is -2.38. The van der Waals surface area contributed by atoms with Crippen LogP contribution in [0.3, 0.4) is 0 Å². The molecule has 190 valence electrons. The molecule has 0 aliphatic carbocycles. The number of alkyl halides is 3. The Hall–Kier alpha value is -3.57. The molecule has 0 bridgehead atoms. The van der Waals surface area contributed by atoms with Crippen LogP contribution in [0.4, 0.5) is 22.0 Å². The second-order valence-electron chi connectivity index (χ2n) is 9.08. The van der Waals surface area contributed by atoms with Gasteiger partial charge in [0, 0.05) is 55.3 Å². The van der Waals surface area contributed by atoms with Gasteiger partial charge in [0.15, 0.2) is 0 Å². The van der Waals surface area contributed by atoms with E-state index in [-0.39, 0.29) is 48.7 Å². The van der Waals surface area contributed by atoms with E-state index < -0.39 is 35.7 Å². The molecular formula is C24H23F5N6O. The molecule has 1 amide bonds. The number of nitrogens with zero attached hydrogens (tertiary/aromatic N) is 6. The summed E-state index contributed by atoms with van der Waals surface area (Å²) in [6.07, 6.45) is 0.00185. The Labute approximate surface area is 203 Å². The zero-order valence-electron chi connectivity index (χ0n) is 19.5. The van der Waals surface area contributed by atoms with E-state index in [2.05, 4.69) is 15.1 Å². The Balaban J connectivity index is 1.39. The second kappa shape index (κ2) is 8.82. The van der Waals surface area contributed by atoms with Crippen molar-refractivity contribution in [3.63, 3.8) is 0 Å². The lowest BCUT2D eigenvalue weighted by atomic mass is 9.88. The molecular weight excluding hydrogens is 483 g/mol. The van der Waals surface area contributed by atoms with Crippen molar-refractivity contribution in [3.05, 3.63) is 53.7 Å². The number of hydrogen-bond acceptors (Lipinski definition) is 6. The summed E-state index contributed by atoms with van der Waals surface area (Å²) >= 11 is 0. The fourth-order valence-corrected chi connectivity index (χ4v) is 5.10. The zero-order chi connectivity index (χ0) is 25.8. The van der Waals surface area contributed by atoms with Crippen LogP contribution in [0.1, 0.15) is 25.3 Å². The molecule has 1 aromatic carbocycles. The highest BCUT2D eigenvalue weighted by Gasteiger charge is 2.44. The summed E-state index contributed by atoms with van der Waals surface area (Å²) in [6, 6.07) is 3.54. The number of amidine groups is 2. The fraction of sp³-hybridized carbons (Fsp3) is 0.417. The molecule has 3 atom stereocenters. The number of hydrogen-bond donors (Lipinski definition) is 0. The van der Waals surface area contributed by atoms with Crippen LogP contribution in [0.5, 0.6) is 0 Å². The molecule has 36 heavy (non-hydrogen) atoms. The Kier molecular flexibility index (Phi) is 5.92. The standard InChI is InChI=1S/C24H23F5N6O/c1-13(20-16(25)12-17-15(21(20)26)4-3-7-30-17)22-14(2)31-18-5-6-19(32-35(18)22)33-8-10-34(11-9-33)23(36)24(27,28)29/h3-7,12-14,22H,8-11H2,1-2H3. The Morgan fingerprint density at radius 3 is 2.50 bits per heavy atom. The summed E-state index contributed by atoms with van der Waals surface area (Å²) in [7, 11) is 0. The smallest absolute Gasteiger partial charge is 0.352 e. The average Bonchev–Trinajstić information content (AvgIpc) is 3.18. The quantitative estimate of drug-likeness (QED) is 0.584. The predicted octanol–water partition coefficient (Wildman–Crippen LogP) is 3.68. The minimum atomic E-state index is -4.91. The molecule has 2 aromatic rings. The number of rotatable bonds is 2. The molecule has 0 N–H and O–H groups in total. The third-order valence-electron chi connectivity index (χ3n) is 6.87. The first-order valence-electron chi connectivity index (χ1n) is 11.5. The molecule has 3 unspecified atom stereocenters. The third kappa shape index (κ3) is 4.07. The Morgan fingerprint density at radius 1 is 1.11 bits per heavy atom. The van der Waals surface area contributed by atoms with Gasteiger partial charge in [-0.15, -0.1) is 0 Å². The van der Waals surface area contributed by atoms with Crippen LogP contribution in [0.15, 0.2) is 46.6 Å². The number of aliphatic imine (C=N–C) groups is 1. The first kappa shape index (κ1) is 24.1. The maximum absolute atomic E-state index is 15.4. The van der Waals surface area contributed by atoms with Crippen LogP contribution < -0.4 is 0 Å². The summed E-state index contributed by atoms with van der Waals surface area (Å²) in [6.45, 7) is 3.71. The van der Waals surface area contributed by atoms with Crippen molar-refractivity contribution >= 4 is 28.5 Å². The third-order valence-corrected chi connectivity index (χ3v) is 6.87. The highest BCUT2D eigenvalue weighted by Crippen LogP contribution is 2.37. The topological polar surface area (TPSA) is 64.4 Å². The van der Waals surface area contributed by atoms with Gasteiger partial charge >= 0.3 is 12.1 Å². The van der Waals surface area contributed by atoms with Crippen LogP contribution in [-0.2, 0) is 4.79 Å². The molecule has 1 fully saturated rings. The molecule has 1 saturated heterocycles. The van der Waals surface area contributed by atoms with E-state index >= 15 is 8.78 Å². The van der Waals surface area contributed by atoms with Crippen molar-refractivity contribution in [2.45, 2.75) is 38.0 Å². The monoisotopic (exact) mass is 506 g/mol. The number of carbonyl (C=O) groups is 1. The molecule has 3 aliphatic rings. The predicted molar refractivity (Wildman–Crippen MR) is 123 cm³/mol. The first-order valence-corrected chi connectivity index (χ1v) is 11.5. The molecule has 3 aliphatic heterocycles. The van der Waals surface area contributed by atoms with Gasteiger partial charge in [0.05, 0.1) is 17.6 Å². The number of amides is 1. The van der Waals surface area contributed by atoms with Crippen molar-refractivity contribution < 1.29 is 26.7 Å². The molecule has 0 saturated carbocycles. The normalized spacial score (nSPS) is 23.0. The molecule has 7 nitrogen and oxygen atoms in total. The average molecular weight is 506 g/mol. The van der Waals surface area contributed by atoms with E-state index in [1.54, 1.807) is 41.1 Å². The molecule has 5 rings (SSSR count). The van der Waals surface area contributed by atoms with Gasteiger partial charge in [0.2, 0.25) is 0 Å². The van der Waals surface area contributed by atoms with Gasteiger partial charge in [-0.3, -0.25) is 14.8 Å². The number of benzene rings is 1. The number of hydrazone groups is 1. The Morgan fingerprint density at radius 2 is 1.81 bits per heavy atom. The largest absolute Gasteiger partial charge is 0.471 e. The lowest BCUT2D eigenvalue weighted by molar-refractivity contribution is -0.186. The molecule has 0 radical (unpaired) electrons. The number of halogens is 5. The SMILES string of the molecule is CC1N=C2C=CC(N3CCN(C(=O)C(F)(F)F)CC3)=NN2C1C(C)c1c(F)cc2ncccc2c1F. The van der Waals surface area contributed by atoms with Crippen LogP contribution >= 0.6 is 0 Å². The maximum atomic E-state index is 15.4. The van der Waals surface area contributed by atoms with E-state index in [0.717, 1.165) is 4.90 Å². The number of carbonyl (C=O) groups excluding carboxylic acids is 1. The summed E-state index contributed by atoms with van der Waals surface area (Å²) in [4.78, 5) is 22.7. The summed E-state index contributed by atoms with van der Waals surface area (Å²) in [5.41, 5.74) is 0.151. The maximum Gasteiger partial charge on any atom is 0.471 e. The zero-order valence-corrected chi connectivity index (χ0v) is 19.5. The lowest BCUT2D eigenvalue weighted by Crippen LogP contribution is -2.54. The van der Waals surface area contributed by atoms with Crippen molar-refractivity contribution in [2.24, 2.45) is 10.1 Å². The number of aromatic nitrogens is 1. The minimum Gasteiger partial charge on any atom is -0.352 e.